The Bertz CT molecular complexity index is 1250. The van der Waals surface area contributed by atoms with E-state index >= 15 is 0 Å². The molecule has 7 heteroatoms. The van der Waals surface area contributed by atoms with Crippen molar-refractivity contribution in [3.63, 3.8) is 0 Å². The fourth-order valence-electron chi connectivity index (χ4n) is 5.13. The van der Waals surface area contributed by atoms with Gasteiger partial charge in [0.1, 0.15) is 17.6 Å². The van der Waals surface area contributed by atoms with E-state index in [1.54, 1.807) is 18.2 Å². The number of ether oxygens (including phenoxy) is 1. The number of nitrogens with one attached hydrogen (secondary N) is 1. The summed E-state index contributed by atoms with van der Waals surface area (Å²) in [6.45, 7) is 3.61. The maximum absolute atomic E-state index is 14.8. The first-order valence-corrected chi connectivity index (χ1v) is 14.4. The number of carbonyl (C=O) groups is 2. The third-order valence-corrected chi connectivity index (χ3v) is 8.54. The van der Waals surface area contributed by atoms with Crippen LogP contribution in [0.25, 0.3) is 0 Å². The Morgan fingerprint density at radius 1 is 1.00 bits per heavy atom. The van der Waals surface area contributed by atoms with Crippen molar-refractivity contribution in [3.05, 3.63) is 99.3 Å². The Morgan fingerprint density at radius 3 is 2.31 bits per heavy atom. The van der Waals surface area contributed by atoms with Crippen molar-refractivity contribution < 1.29 is 18.7 Å². The number of halogens is 2. The molecule has 2 amide bonds. The zero-order valence-electron chi connectivity index (χ0n) is 22.6. The van der Waals surface area contributed by atoms with Gasteiger partial charge in [0, 0.05) is 29.0 Å². The number of amides is 2. The van der Waals surface area contributed by atoms with Gasteiger partial charge in [0.15, 0.2) is 6.61 Å². The van der Waals surface area contributed by atoms with Crippen LogP contribution in [0.15, 0.2) is 71.2 Å². The summed E-state index contributed by atoms with van der Waals surface area (Å²) in [4.78, 5) is 29.1. The van der Waals surface area contributed by atoms with E-state index in [2.05, 4.69) is 21.2 Å². The highest BCUT2D eigenvalue weighted by atomic mass is 79.9. The highest BCUT2D eigenvalue weighted by Crippen LogP contribution is 2.27. The second-order valence-corrected chi connectivity index (χ2v) is 11.1. The Kier molecular flexibility index (Phi) is 10.2. The quantitative estimate of drug-likeness (QED) is 0.285. The molecule has 0 radical (unpaired) electrons. The third-order valence-electron chi connectivity index (χ3n) is 7.29. The fourth-order valence-corrected chi connectivity index (χ4v) is 5.35. The molecule has 206 valence electrons. The summed E-state index contributed by atoms with van der Waals surface area (Å²) >= 11 is 3.56. The first-order chi connectivity index (χ1) is 18.8. The molecule has 0 heterocycles. The molecule has 3 aromatic carbocycles. The average molecular weight is 596 g/mol. The topological polar surface area (TPSA) is 58.6 Å². The molecule has 3 aromatic rings. The smallest absolute Gasteiger partial charge is 0.261 e. The van der Waals surface area contributed by atoms with Crippen LogP contribution < -0.4 is 10.1 Å². The highest BCUT2D eigenvalue weighted by Gasteiger charge is 2.32. The van der Waals surface area contributed by atoms with E-state index in [1.165, 1.54) is 17.4 Å². The molecule has 1 aliphatic carbocycles. The second kappa shape index (κ2) is 13.7. The summed E-state index contributed by atoms with van der Waals surface area (Å²) in [5.74, 6) is -0.442. The van der Waals surface area contributed by atoms with Crippen LogP contribution in [0.1, 0.15) is 54.4 Å². The van der Waals surface area contributed by atoms with Gasteiger partial charge < -0.3 is 15.0 Å². The Labute approximate surface area is 238 Å². The van der Waals surface area contributed by atoms with Gasteiger partial charge in [-0.05, 0) is 61.6 Å². The second-order valence-electron chi connectivity index (χ2n) is 10.3. The van der Waals surface area contributed by atoms with Crippen molar-refractivity contribution in [2.75, 3.05) is 6.61 Å². The molecule has 1 N–H and O–H groups in total. The predicted octanol–water partition coefficient (Wildman–Crippen LogP) is 6.67. The maximum Gasteiger partial charge on any atom is 0.261 e. The lowest BCUT2D eigenvalue weighted by atomic mass is 9.94. The van der Waals surface area contributed by atoms with Crippen LogP contribution >= 0.6 is 15.9 Å². The fraction of sp³-hybridized carbons (Fsp3) is 0.375. The van der Waals surface area contributed by atoms with E-state index in [0.29, 0.717) is 17.7 Å². The van der Waals surface area contributed by atoms with Crippen molar-refractivity contribution in [3.8, 4) is 5.75 Å². The van der Waals surface area contributed by atoms with Crippen molar-refractivity contribution in [2.45, 2.75) is 71.0 Å². The van der Waals surface area contributed by atoms with Gasteiger partial charge in [-0.25, -0.2) is 4.39 Å². The van der Waals surface area contributed by atoms with Gasteiger partial charge in [-0.1, -0.05) is 83.7 Å². The normalized spacial score (nSPS) is 14.5. The van der Waals surface area contributed by atoms with Gasteiger partial charge in [0.05, 0.1) is 0 Å². The summed E-state index contributed by atoms with van der Waals surface area (Å²) < 4.78 is 21.7. The van der Waals surface area contributed by atoms with Crippen LogP contribution in [0.3, 0.4) is 0 Å². The number of aryl methyl sites for hydroxylation is 2. The Hall–Kier alpha value is -3.19. The number of carbonyl (C=O) groups excluding carboxylic acids is 2. The monoisotopic (exact) mass is 594 g/mol. The van der Waals surface area contributed by atoms with Crippen molar-refractivity contribution in [2.24, 2.45) is 0 Å². The molecular formula is C32H36BrFN2O3. The molecule has 4 rings (SSSR count). The van der Waals surface area contributed by atoms with Gasteiger partial charge in [-0.2, -0.15) is 0 Å². The summed E-state index contributed by atoms with van der Waals surface area (Å²) in [5, 5.41) is 3.20. The van der Waals surface area contributed by atoms with E-state index in [4.69, 9.17) is 4.74 Å². The van der Waals surface area contributed by atoms with Crippen LogP contribution in [0, 0.1) is 19.7 Å². The predicted molar refractivity (Wildman–Crippen MR) is 155 cm³/mol. The van der Waals surface area contributed by atoms with Crippen LogP contribution in [-0.2, 0) is 22.6 Å². The highest BCUT2D eigenvalue weighted by molar-refractivity contribution is 9.10. The van der Waals surface area contributed by atoms with Crippen LogP contribution in [-0.4, -0.2) is 35.4 Å². The lowest BCUT2D eigenvalue weighted by Crippen LogP contribution is -2.53. The Morgan fingerprint density at radius 2 is 1.64 bits per heavy atom. The van der Waals surface area contributed by atoms with E-state index in [1.807, 2.05) is 56.3 Å². The molecule has 1 atom stereocenters. The van der Waals surface area contributed by atoms with Crippen LogP contribution in [0.2, 0.25) is 0 Å². The molecular weight excluding hydrogens is 559 g/mol. The summed E-state index contributed by atoms with van der Waals surface area (Å²) in [5.41, 5.74) is 3.27. The SMILES string of the molecule is Cc1cc(OCC(=O)N(Cc2ccccc2F)[C@H](Cc2ccccc2)C(=O)NC2CCCCC2)cc(C)c1Br. The molecule has 0 aliphatic heterocycles. The lowest BCUT2D eigenvalue weighted by Gasteiger charge is -2.33. The van der Waals surface area contributed by atoms with Gasteiger partial charge in [-0.15, -0.1) is 0 Å². The van der Waals surface area contributed by atoms with E-state index in [9.17, 15) is 14.0 Å². The van der Waals surface area contributed by atoms with Gasteiger partial charge in [0.2, 0.25) is 5.91 Å². The minimum atomic E-state index is -0.821. The van der Waals surface area contributed by atoms with Crippen molar-refractivity contribution in [1.82, 2.24) is 10.2 Å². The molecule has 1 saturated carbocycles. The minimum Gasteiger partial charge on any atom is -0.484 e. The molecule has 0 spiro atoms. The molecule has 5 nitrogen and oxygen atoms in total. The summed E-state index contributed by atoms with van der Waals surface area (Å²) in [6, 6.07) is 19.0. The Balaban J connectivity index is 1.63. The van der Waals surface area contributed by atoms with E-state index < -0.39 is 11.9 Å². The van der Waals surface area contributed by atoms with Gasteiger partial charge in [0.25, 0.3) is 5.91 Å². The zero-order chi connectivity index (χ0) is 27.8. The van der Waals surface area contributed by atoms with Crippen molar-refractivity contribution in [1.29, 1.82) is 0 Å². The van der Waals surface area contributed by atoms with E-state index in [-0.39, 0.29) is 31.0 Å². The lowest BCUT2D eigenvalue weighted by molar-refractivity contribution is -0.143. The number of benzene rings is 3. The molecule has 0 saturated heterocycles. The number of nitrogens with zero attached hydrogens (tertiary/aromatic N) is 1. The standard InChI is InChI=1S/C32H36BrFN2O3/c1-22-17-27(18-23(2)31(22)33)39-21-30(37)36(20-25-13-9-10-16-28(25)34)29(19-24-11-5-3-6-12-24)32(38)35-26-14-7-4-8-15-26/h3,5-6,9-13,16-18,26,29H,4,7-8,14-15,19-21H2,1-2H3,(H,35,38)/t29-/m1/s1. The summed E-state index contributed by atoms with van der Waals surface area (Å²) in [6.07, 6.45) is 5.49. The van der Waals surface area contributed by atoms with Crippen LogP contribution in [0.5, 0.6) is 5.75 Å². The average Bonchev–Trinajstić information content (AvgIpc) is 2.94. The van der Waals surface area contributed by atoms with Gasteiger partial charge in [-0.3, -0.25) is 9.59 Å². The first kappa shape index (κ1) is 28.8. The number of rotatable bonds is 10. The van der Waals surface area contributed by atoms with E-state index in [0.717, 1.165) is 46.8 Å². The zero-order valence-corrected chi connectivity index (χ0v) is 24.2. The molecule has 0 unspecified atom stereocenters. The van der Waals surface area contributed by atoms with Gasteiger partial charge >= 0.3 is 0 Å². The summed E-state index contributed by atoms with van der Waals surface area (Å²) in [7, 11) is 0. The molecule has 0 bridgehead atoms. The molecule has 39 heavy (non-hydrogen) atoms. The molecule has 1 aliphatic rings. The van der Waals surface area contributed by atoms with Crippen LogP contribution in [0.4, 0.5) is 4.39 Å². The number of hydrogen-bond donors (Lipinski definition) is 1. The molecule has 1 fully saturated rings. The first-order valence-electron chi connectivity index (χ1n) is 13.6. The molecule has 0 aromatic heterocycles. The largest absolute Gasteiger partial charge is 0.484 e. The third kappa shape index (κ3) is 7.91. The number of hydrogen-bond acceptors (Lipinski definition) is 3. The van der Waals surface area contributed by atoms with Crippen molar-refractivity contribution >= 4 is 27.7 Å². The maximum atomic E-state index is 14.8. The minimum absolute atomic E-state index is 0.0388.